The number of nitrogens with zero attached hydrogens (tertiary/aromatic N) is 2. The van der Waals surface area contributed by atoms with Crippen LogP contribution in [0.25, 0.3) is 16.5 Å². The molecule has 4 nitrogen and oxygen atoms in total. The van der Waals surface area contributed by atoms with Crippen LogP contribution < -0.4 is 0 Å². The summed E-state index contributed by atoms with van der Waals surface area (Å²) in [5.41, 5.74) is 2.99. The SMILES string of the molecule is CCC(=O)N1CCC(C(=O)C2=C(F)C=C(c3cnc4ccccc4c3)CC2)CC1. The molecule has 0 radical (unpaired) electrons. The van der Waals surface area contributed by atoms with Crippen LogP contribution in [0.3, 0.4) is 0 Å². The number of pyridine rings is 1. The third kappa shape index (κ3) is 4.00. The zero-order chi connectivity index (χ0) is 20.4. The van der Waals surface area contributed by atoms with E-state index in [-0.39, 0.29) is 17.6 Å². The molecule has 0 N–H and O–H groups in total. The lowest BCUT2D eigenvalue weighted by molar-refractivity contribution is -0.134. The van der Waals surface area contributed by atoms with Gasteiger partial charge >= 0.3 is 0 Å². The Balaban J connectivity index is 1.50. The number of fused-ring (bicyclic) bond motifs is 1. The van der Waals surface area contributed by atoms with Gasteiger partial charge in [-0.1, -0.05) is 25.1 Å². The molecule has 0 bridgehead atoms. The zero-order valence-corrected chi connectivity index (χ0v) is 16.7. The first-order valence-electron chi connectivity index (χ1n) is 10.3. The van der Waals surface area contributed by atoms with Crippen molar-refractivity contribution in [2.24, 2.45) is 5.92 Å². The van der Waals surface area contributed by atoms with Gasteiger partial charge in [0.2, 0.25) is 5.91 Å². The fourth-order valence-electron chi connectivity index (χ4n) is 4.27. The topological polar surface area (TPSA) is 50.3 Å². The van der Waals surface area contributed by atoms with Crippen LogP contribution in [0, 0.1) is 5.92 Å². The average Bonchev–Trinajstić information content (AvgIpc) is 2.77. The molecule has 29 heavy (non-hydrogen) atoms. The Morgan fingerprint density at radius 2 is 1.93 bits per heavy atom. The van der Waals surface area contributed by atoms with E-state index in [1.807, 2.05) is 37.3 Å². The molecule has 1 aromatic carbocycles. The van der Waals surface area contributed by atoms with Crippen molar-refractivity contribution in [1.29, 1.82) is 0 Å². The summed E-state index contributed by atoms with van der Waals surface area (Å²) in [7, 11) is 0. The number of Topliss-reactive ketones (excluding diaryl/α,β-unsaturated/α-hetero) is 1. The van der Waals surface area contributed by atoms with Gasteiger partial charge in [-0.15, -0.1) is 0 Å². The minimum absolute atomic E-state index is 0.0852. The monoisotopic (exact) mass is 392 g/mol. The maximum Gasteiger partial charge on any atom is 0.222 e. The van der Waals surface area contributed by atoms with Crippen molar-refractivity contribution in [1.82, 2.24) is 9.88 Å². The number of halogens is 1. The first-order valence-corrected chi connectivity index (χ1v) is 10.3. The van der Waals surface area contributed by atoms with Gasteiger partial charge in [-0.2, -0.15) is 0 Å². The minimum Gasteiger partial charge on any atom is -0.343 e. The molecular weight excluding hydrogens is 367 g/mol. The van der Waals surface area contributed by atoms with E-state index in [4.69, 9.17) is 0 Å². The van der Waals surface area contributed by atoms with Crippen molar-refractivity contribution in [3.05, 3.63) is 59.6 Å². The van der Waals surface area contributed by atoms with Crippen molar-refractivity contribution < 1.29 is 14.0 Å². The summed E-state index contributed by atoms with van der Waals surface area (Å²) in [6.07, 6.45) is 6.03. The number of ketones is 1. The van der Waals surface area contributed by atoms with E-state index in [0.717, 1.165) is 22.0 Å². The number of para-hydroxylation sites is 1. The first-order chi connectivity index (χ1) is 14.1. The molecule has 2 aromatic rings. The van der Waals surface area contributed by atoms with Crippen molar-refractivity contribution in [3.8, 4) is 0 Å². The summed E-state index contributed by atoms with van der Waals surface area (Å²) < 4.78 is 14.9. The molecule has 0 spiro atoms. The van der Waals surface area contributed by atoms with Crippen LogP contribution >= 0.6 is 0 Å². The lowest BCUT2D eigenvalue weighted by Gasteiger charge is -2.32. The summed E-state index contributed by atoms with van der Waals surface area (Å²) in [5.74, 6) is -0.570. The van der Waals surface area contributed by atoms with Crippen LogP contribution in [0.2, 0.25) is 0 Å². The fraction of sp³-hybridized carbons (Fsp3) is 0.375. The van der Waals surface area contributed by atoms with Gasteiger partial charge in [-0.25, -0.2) is 4.39 Å². The van der Waals surface area contributed by atoms with Crippen LogP contribution in [-0.2, 0) is 9.59 Å². The average molecular weight is 392 g/mol. The minimum atomic E-state index is -0.420. The highest BCUT2D eigenvalue weighted by Gasteiger charge is 2.31. The molecule has 2 aliphatic rings. The van der Waals surface area contributed by atoms with Gasteiger partial charge in [0.25, 0.3) is 0 Å². The molecule has 5 heteroatoms. The predicted octanol–water partition coefficient (Wildman–Crippen LogP) is 4.85. The molecule has 1 aliphatic carbocycles. The second kappa shape index (κ2) is 8.27. The standard InChI is InChI=1S/C24H25FN2O2/c1-2-23(28)27-11-9-16(10-12-27)24(29)20-8-7-17(14-21(20)25)19-13-18-5-3-4-6-22(18)26-15-19/h3-6,13-16H,2,7-12H2,1H3. The molecule has 1 amide bonds. The van der Waals surface area contributed by atoms with E-state index in [1.54, 1.807) is 11.1 Å². The van der Waals surface area contributed by atoms with Crippen LogP contribution in [0.15, 0.2) is 54.0 Å². The number of rotatable bonds is 4. The number of allylic oxidation sites excluding steroid dienone is 4. The third-order valence-corrected chi connectivity index (χ3v) is 6.01. The first kappa shape index (κ1) is 19.5. The van der Waals surface area contributed by atoms with Crippen molar-refractivity contribution in [3.63, 3.8) is 0 Å². The number of likely N-dealkylation sites (tertiary alicyclic amines) is 1. The molecule has 150 valence electrons. The number of benzene rings is 1. The summed E-state index contributed by atoms with van der Waals surface area (Å²) in [6, 6.07) is 9.86. The van der Waals surface area contributed by atoms with Gasteiger partial charge in [0.1, 0.15) is 5.83 Å². The van der Waals surface area contributed by atoms with Gasteiger partial charge in [0.05, 0.1) is 5.52 Å². The molecule has 0 atom stereocenters. The van der Waals surface area contributed by atoms with Gasteiger partial charge in [0, 0.05) is 42.6 Å². The Labute approximate surface area is 170 Å². The number of amides is 1. The van der Waals surface area contributed by atoms with E-state index in [0.29, 0.717) is 50.8 Å². The van der Waals surface area contributed by atoms with Gasteiger partial charge in [-0.05, 0) is 55.0 Å². The molecule has 1 aromatic heterocycles. The zero-order valence-electron chi connectivity index (χ0n) is 16.7. The number of hydrogen-bond donors (Lipinski definition) is 0. The number of carbonyl (C=O) groups excluding carboxylic acids is 2. The Kier molecular flexibility index (Phi) is 5.56. The van der Waals surface area contributed by atoms with Crippen LogP contribution in [0.4, 0.5) is 4.39 Å². The molecule has 2 heterocycles. The van der Waals surface area contributed by atoms with Crippen LogP contribution in [0.5, 0.6) is 0 Å². The molecule has 0 unspecified atom stereocenters. The Morgan fingerprint density at radius 1 is 1.17 bits per heavy atom. The summed E-state index contributed by atoms with van der Waals surface area (Å²) in [5, 5.41) is 1.02. The number of piperidine rings is 1. The van der Waals surface area contributed by atoms with E-state index < -0.39 is 5.83 Å². The molecule has 1 saturated heterocycles. The van der Waals surface area contributed by atoms with Crippen molar-refractivity contribution >= 4 is 28.2 Å². The van der Waals surface area contributed by atoms with E-state index in [2.05, 4.69) is 4.98 Å². The quantitative estimate of drug-likeness (QED) is 0.747. The maximum absolute atomic E-state index is 14.9. The summed E-state index contributed by atoms with van der Waals surface area (Å²) >= 11 is 0. The van der Waals surface area contributed by atoms with Gasteiger partial charge in [-0.3, -0.25) is 14.6 Å². The lowest BCUT2D eigenvalue weighted by atomic mass is 9.83. The number of carbonyl (C=O) groups is 2. The Hall–Kier alpha value is -2.82. The Morgan fingerprint density at radius 3 is 2.66 bits per heavy atom. The molecular formula is C24H25FN2O2. The number of aromatic nitrogens is 1. The molecule has 1 fully saturated rings. The second-order valence-corrected chi connectivity index (χ2v) is 7.79. The molecule has 0 saturated carbocycles. The van der Waals surface area contributed by atoms with Crippen LogP contribution in [0.1, 0.15) is 44.6 Å². The maximum atomic E-state index is 14.9. The van der Waals surface area contributed by atoms with E-state index >= 15 is 0 Å². The highest BCUT2D eigenvalue weighted by atomic mass is 19.1. The highest BCUT2D eigenvalue weighted by molar-refractivity contribution is 5.99. The third-order valence-electron chi connectivity index (χ3n) is 6.01. The van der Waals surface area contributed by atoms with Gasteiger partial charge in [0.15, 0.2) is 5.78 Å². The second-order valence-electron chi connectivity index (χ2n) is 7.79. The number of hydrogen-bond acceptors (Lipinski definition) is 3. The van der Waals surface area contributed by atoms with E-state index in [9.17, 15) is 14.0 Å². The summed E-state index contributed by atoms with van der Waals surface area (Å²) in [4.78, 5) is 31.0. The van der Waals surface area contributed by atoms with Gasteiger partial charge < -0.3 is 4.90 Å². The highest BCUT2D eigenvalue weighted by Crippen LogP contribution is 2.35. The summed E-state index contributed by atoms with van der Waals surface area (Å²) in [6.45, 7) is 3.01. The fourth-order valence-corrected chi connectivity index (χ4v) is 4.27. The smallest absolute Gasteiger partial charge is 0.222 e. The predicted molar refractivity (Wildman–Crippen MR) is 112 cm³/mol. The lowest BCUT2D eigenvalue weighted by Crippen LogP contribution is -2.40. The van der Waals surface area contributed by atoms with E-state index in [1.165, 1.54) is 6.08 Å². The van der Waals surface area contributed by atoms with Crippen molar-refractivity contribution in [2.45, 2.75) is 39.0 Å². The Bertz CT molecular complexity index is 1020. The molecule has 4 rings (SSSR count). The largest absolute Gasteiger partial charge is 0.343 e. The van der Waals surface area contributed by atoms with Crippen molar-refractivity contribution in [2.75, 3.05) is 13.1 Å². The molecule has 1 aliphatic heterocycles. The normalized spacial score (nSPS) is 18.1. The van der Waals surface area contributed by atoms with Crippen LogP contribution in [-0.4, -0.2) is 34.7 Å².